The second-order valence-electron chi connectivity index (χ2n) is 5.22. The number of rotatable bonds is 9. The van der Waals surface area contributed by atoms with Gasteiger partial charge in [0, 0.05) is 26.7 Å². The summed E-state index contributed by atoms with van der Waals surface area (Å²) in [5.41, 5.74) is 0. The largest absolute Gasteiger partial charge is 0.336 e. The number of unbranched alkanes of at least 4 members (excludes halogenated alkanes) is 6. The van der Waals surface area contributed by atoms with Gasteiger partial charge in [0.1, 0.15) is 0 Å². The average molecular weight is 286 g/mol. The van der Waals surface area contributed by atoms with Crippen LogP contribution in [0.25, 0.3) is 0 Å². The topological polar surface area (TPSA) is 40.6 Å². The number of likely N-dealkylation sites (N-methyl/N-ethyl adjacent to an activating group) is 1. The van der Waals surface area contributed by atoms with Crippen LogP contribution in [0, 0.1) is 0 Å². The summed E-state index contributed by atoms with van der Waals surface area (Å²) in [7, 11) is 1.68. The standard InChI is InChI=1S/C14H26N2O2S/c1-15-10-11-16(14(18)13(15)17)9-7-5-3-2-4-6-8-12-19/h19H,2-12H2,1H3. The van der Waals surface area contributed by atoms with Crippen LogP contribution in [0.1, 0.15) is 44.9 Å². The van der Waals surface area contributed by atoms with Crippen molar-refractivity contribution in [1.29, 1.82) is 0 Å². The Morgan fingerprint density at radius 2 is 1.47 bits per heavy atom. The zero-order valence-corrected chi connectivity index (χ0v) is 12.8. The maximum atomic E-state index is 11.7. The van der Waals surface area contributed by atoms with Crippen LogP contribution in [0.4, 0.5) is 0 Å². The summed E-state index contributed by atoms with van der Waals surface area (Å²) in [6.07, 6.45) is 8.41. The minimum absolute atomic E-state index is 0.331. The molecule has 1 aliphatic rings. The van der Waals surface area contributed by atoms with Crippen LogP contribution in [-0.2, 0) is 9.59 Å². The summed E-state index contributed by atoms with van der Waals surface area (Å²) in [4.78, 5) is 26.4. The first-order valence-electron chi connectivity index (χ1n) is 7.32. The number of amides is 2. The van der Waals surface area contributed by atoms with Gasteiger partial charge in [-0.05, 0) is 18.6 Å². The molecule has 0 unspecified atom stereocenters. The highest BCUT2D eigenvalue weighted by Crippen LogP contribution is 2.10. The molecule has 2 amide bonds. The van der Waals surface area contributed by atoms with Crippen molar-refractivity contribution in [1.82, 2.24) is 9.80 Å². The number of nitrogens with zero attached hydrogens (tertiary/aromatic N) is 2. The Morgan fingerprint density at radius 1 is 0.895 bits per heavy atom. The summed E-state index contributed by atoms with van der Waals surface area (Å²) < 4.78 is 0. The lowest BCUT2D eigenvalue weighted by Gasteiger charge is -2.31. The maximum Gasteiger partial charge on any atom is 0.312 e. The van der Waals surface area contributed by atoms with Crippen LogP contribution < -0.4 is 0 Å². The predicted molar refractivity (Wildman–Crippen MR) is 80.4 cm³/mol. The molecule has 1 rings (SSSR count). The average Bonchev–Trinajstić information content (AvgIpc) is 2.41. The van der Waals surface area contributed by atoms with Gasteiger partial charge in [0.25, 0.3) is 0 Å². The SMILES string of the molecule is CN1CCN(CCCCCCCCCS)C(=O)C1=O. The van der Waals surface area contributed by atoms with Gasteiger partial charge in [0.05, 0.1) is 0 Å². The molecule has 0 aromatic heterocycles. The number of piperazine rings is 1. The van der Waals surface area contributed by atoms with E-state index in [4.69, 9.17) is 0 Å². The molecule has 0 N–H and O–H groups in total. The quantitative estimate of drug-likeness (QED) is 0.400. The molecule has 1 saturated heterocycles. The lowest BCUT2D eigenvalue weighted by molar-refractivity contribution is -0.154. The van der Waals surface area contributed by atoms with Gasteiger partial charge in [-0.15, -0.1) is 0 Å². The van der Waals surface area contributed by atoms with E-state index < -0.39 is 0 Å². The monoisotopic (exact) mass is 286 g/mol. The van der Waals surface area contributed by atoms with Gasteiger partial charge >= 0.3 is 11.8 Å². The van der Waals surface area contributed by atoms with Crippen LogP contribution in [0.15, 0.2) is 0 Å². The zero-order chi connectivity index (χ0) is 14.1. The van der Waals surface area contributed by atoms with E-state index in [1.54, 1.807) is 11.9 Å². The van der Waals surface area contributed by atoms with Crippen molar-refractivity contribution in [3.05, 3.63) is 0 Å². The summed E-state index contributed by atoms with van der Waals surface area (Å²) >= 11 is 4.19. The minimum atomic E-state index is -0.363. The van der Waals surface area contributed by atoms with Gasteiger partial charge in [-0.25, -0.2) is 0 Å². The molecule has 110 valence electrons. The third-order valence-electron chi connectivity index (χ3n) is 3.61. The molecule has 19 heavy (non-hydrogen) atoms. The van der Waals surface area contributed by atoms with E-state index in [1.807, 2.05) is 0 Å². The Labute approximate surface area is 121 Å². The number of carbonyl (C=O) groups is 2. The molecule has 0 atom stereocenters. The first kappa shape index (κ1) is 16.3. The number of thiol groups is 1. The minimum Gasteiger partial charge on any atom is -0.336 e. The maximum absolute atomic E-state index is 11.7. The van der Waals surface area contributed by atoms with Crippen molar-refractivity contribution in [2.24, 2.45) is 0 Å². The Kier molecular flexibility index (Phi) is 7.94. The summed E-state index contributed by atoms with van der Waals surface area (Å²) in [6.45, 7) is 2.08. The van der Waals surface area contributed by atoms with Crippen LogP contribution in [0.5, 0.6) is 0 Å². The normalized spacial score (nSPS) is 16.3. The third-order valence-corrected chi connectivity index (χ3v) is 3.92. The molecule has 0 spiro atoms. The van der Waals surface area contributed by atoms with Gasteiger partial charge < -0.3 is 9.80 Å². The van der Waals surface area contributed by atoms with Gasteiger partial charge in [0.15, 0.2) is 0 Å². The molecular weight excluding hydrogens is 260 g/mol. The summed E-state index contributed by atoms with van der Waals surface area (Å²) in [6, 6.07) is 0. The fourth-order valence-electron chi connectivity index (χ4n) is 2.28. The van der Waals surface area contributed by atoms with Crippen molar-refractivity contribution < 1.29 is 9.59 Å². The third kappa shape index (κ3) is 5.85. The molecular formula is C14H26N2O2S. The van der Waals surface area contributed by atoms with Crippen LogP contribution in [0.2, 0.25) is 0 Å². The number of carbonyl (C=O) groups excluding carboxylic acids is 2. The molecule has 1 heterocycles. The van der Waals surface area contributed by atoms with Gasteiger partial charge in [-0.2, -0.15) is 12.6 Å². The summed E-state index contributed by atoms with van der Waals surface area (Å²) in [5, 5.41) is 0. The van der Waals surface area contributed by atoms with Crippen molar-refractivity contribution in [2.75, 3.05) is 32.4 Å². The van der Waals surface area contributed by atoms with E-state index in [9.17, 15) is 9.59 Å². The fraction of sp³-hybridized carbons (Fsp3) is 0.857. The Bertz CT molecular complexity index is 297. The van der Waals surface area contributed by atoms with E-state index in [0.717, 1.165) is 25.1 Å². The molecule has 0 aliphatic carbocycles. The Morgan fingerprint density at radius 3 is 2.11 bits per heavy atom. The van der Waals surface area contributed by atoms with Crippen LogP contribution in [-0.4, -0.2) is 54.0 Å². The Hall–Kier alpha value is -0.710. The van der Waals surface area contributed by atoms with E-state index in [2.05, 4.69) is 12.6 Å². The second kappa shape index (κ2) is 9.23. The zero-order valence-electron chi connectivity index (χ0n) is 11.9. The first-order chi connectivity index (χ1) is 9.16. The lowest BCUT2D eigenvalue weighted by Crippen LogP contribution is -2.52. The van der Waals surface area contributed by atoms with Crippen LogP contribution in [0.3, 0.4) is 0 Å². The smallest absolute Gasteiger partial charge is 0.312 e. The second-order valence-corrected chi connectivity index (χ2v) is 5.66. The van der Waals surface area contributed by atoms with Gasteiger partial charge in [0.2, 0.25) is 0 Å². The highest BCUT2D eigenvalue weighted by atomic mass is 32.1. The molecule has 5 heteroatoms. The molecule has 4 nitrogen and oxygen atoms in total. The number of hydrogen-bond acceptors (Lipinski definition) is 3. The lowest BCUT2D eigenvalue weighted by atomic mass is 10.1. The van der Waals surface area contributed by atoms with Gasteiger partial charge in [-0.3, -0.25) is 9.59 Å². The van der Waals surface area contributed by atoms with Gasteiger partial charge in [-0.1, -0.05) is 32.1 Å². The molecule has 0 bridgehead atoms. The molecule has 0 aromatic rings. The predicted octanol–water partition coefficient (Wildman–Crippen LogP) is 1.95. The fourth-order valence-corrected chi connectivity index (χ4v) is 2.51. The molecule has 1 aliphatic heterocycles. The van der Waals surface area contributed by atoms with Crippen molar-refractivity contribution in [3.8, 4) is 0 Å². The number of hydrogen-bond donors (Lipinski definition) is 1. The van der Waals surface area contributed by atoms with Crippen molar-refractivity contribution in [3.63, 3.8) is 0 Å². The van der Waals surface area contributed by atoms with E-state index in [1.165, 1.54) is 37.0 Å². The van der Waals surface area contributed by atoms with Crippen molar-refractivity contribution in [2.45, 2.75) is 44.9 Å². The molecule has 1 fully saturated rings. The molecule has 0 radical (unpaired) electrons. The molecule has 0 aromatic carbocycles. The van der Waals surface area contributed by atoms with E-state index in [-0.39, 0.29) is 11.8 Å². The van der Waals surface area contributed by atoms with Crippen LogP contribution >= 0.6 is 12.6 Å². The van der Waals surface area contributed by atoms with E-state index in [0.29, 0.717) is 13.1 Å². The first-order valence-corrected chi connectivity index (χ1v) is 7.95. The highest BCUT2D eigenvalue weighted by molar-refractivity contribution is 7.80. The summed E-state index contributed by atoms with van der Waals surface area (Å²) in [5.74, 6) is 0.292. The van der Waals surface area contributed by atoms with E-state index >= 15 is 0 Å². The molecule has 0 saturated carbocycles. The highest BCUT2D eigenvalue weighted by Gasteiger charge is 2.29. The Balaban J connectivity index is 2.03. The van der Waals surface area contributed by atoms with Crippen molar-refractivity contribution >= 4 is 24.4 Å².